The second-order valence-electron chi connectivity index (χ2n) is 4.61. The van der Waals surface area contributed by atoms with E-state index in [0.29, 0.717) is 12.0 Å². The zero-order valence-corrected chi connectivity index (χ0v) is 10.6. The Hall–Kier alpha value is -1.91. The van der Waals surface area contributed by atoms with Gasteiger partial charge >= 0.3 is 0 Å². The molecule has 5 nitrogen and oxygen atoms in total. The van der Waals surface area contributed by atoms with Crippen molar-refractivity contribution in [1.82, 2.24) is 15.0 Å². The van der Waals surface area contributed by atoms with Gasteiger partial charge in [0.1, 0.15) is 23.6 Å². The van der Waals surface area contributed by atoms with E-state index in [1.165, 1.54) is 6.42 Å². The second-order valence-corrected chi connectivity index (χ2v) is 4.61. The Morgan fingerprint density at radius 1 is 1.33 bits per heavy atom. The summed E-state index contributed by atoms with van der Waals surface area (Å²) in [6, 6.07) is 1.95. The third-order valence-corrected chi connectivity index (χ3v) is 3.28. The van der Waals surface area contributed by atoms with Crippen LogP contribution in [0, 0.1) is 6.92 Å². The highest BCUT2D eigenvalue weighted by atomic mass is 16.5. The first-order chi connectivity index (χ1) is 8.78. The lowest BCUT2D eigenvalue weighted by atomic mass is 9.96. The van der Waals surface area contributed by atoms with Gasteiger partial charge in [0.15, 0.2) is 0 Å². The van der Waals surface area contributed by atoms with Crippen molar-refractivity contribution in [2.24, 2.45) is 0 Å². The number of rotatable bonds is 3. The number of aromatic nitrogens is 3. The van der Waals surface area contributed by atoms with Crippen molar-refractivity contribution in [1.29, 1.82) is 0 Å². The van der Waals surface area contributed by atoms with E-state index in [1.54, 1.807) is 6.33 Å². The number of hydrogen-bond acceptors (Lipinski definition) is 5. The van der Waals surface area contributed by atoms with E-state index in [2.05, 4.69) is 20.3 Å². The number of nitrogens with one attached hydrogen (secondary N) is 1. The summed E-state index contributed by atoms with van der Waals surface area (Å²) in [5.41, 5.74) is 1.79. The molecule has 1 N–H and O–H groups in total. The highest BCUT2D eigenvalue weighted by molar-refractivity contribution is 5.93. The first-order valence-electron chi connectivity index (χ1n) is 6.24. The van der Waals surface area contributed by atoms with Gasteiger partial charge in [-0.3, -0.25) is 0 Å². The average Bonchev–Trinajstić information content (AvgIpc) is 2.32. The molecule has 2 heterocycles. The third-order valence-electron chi connectivity index (χ3n) is 3.28. The molecule has 2 aromatic rings. The zero-order chi connectivity index (χ0) is 12.5. The first kappa shape index (κ1) is 11.2. The molecule has 0 amide bonds. The van der Waals surface area contributed by atoms with E-state index >= 15 is 0 Å². The van der Waals surface area contributed by atoms with Gasteiger partial charge < -0.3 is 10.1 Å². The van der Waals surface area contributed by atoms with Gasteiger partial charge in [-0.05, 0) is 32.3 Å². The number of fused-ring (bicyclic) bond motifs is 1. The summed E-state index contributed by atoms with van der Waals surface area (Å²) in [7, 11) is 1.84. The van der Waals surface area contributed by atoms with Crippen molar-refractivity contribution >= 4 is 16.7 Å². The molecule has 0 saturated heterocycles. The fourth-order valence-electron chi connectivity index (χ4n) is 2.09. The summed E-state index contributed by atoms with van der Waals surface area (Å²) < 4.78 is 5.96. The van der Waals surface area contributed by atoms with Gasteiger partial charge in [0, 0.05) is 12.7 Å². The average molecular weight is 244 g/mol. The van der Waals surface area contributed by atoms with E-state index in [4.69, 9.17) is 4.74 Å². The number of ether oxygens (including phenoxy) is 1. The molecule has 0 bridgehead atoms. The van der Waals surface area contributed by atoms with Gasteiger partial charge in [0.05, 0.1) is 5.52 Å². The van der Waals surface area contributed by atoms with Crippen molar-refractivity contribution in [3.63, 3.8) is 0 Å². The Labute approximate surface area is 106 Å². The molecule has 5 heteroatoms. The Balaban J connectivity index is 2.13. The highest BCUT2D eigenvalue weighted by Crippen LogP contribution is 2.32. The van der Waals surface area contributed by atoms with Crippen molar-refractivity contribution in [3.05, 3.63) is 18.1 Å². The smallest absolute Gasteiger partial charge is 0.227 e. The normalized spacial score (nSPS) is 15.4. The van der Waals surface area contributed by atoms with Gasteiger partial charge in [0.25, 0.3) is 0 Å². The molecule has 94 valence electrons. The summed E-state index contributed by atoms with van der Waals surface area (Å²) >= 11 is 0. The molecule has 0 atom stereocenters. The summed E-state index contributed by atoms with van der Waals surface area (Å²) in [6.07, 6.45) is 5.32. The molecule has 1 aliphatic carbocycles. The maximum Gasteiger partial charge on any atom is 0.227 e. The fraction of sp³-hybridized carbons (Fsp3) is 0.462. The minimum absolute atomic E-state index is 0.299. The van der Waals surface area contributed by atoms with Gasteiger partial charge in [-0.1, -0.05) is 0 Å². The molecule has 0 spiro atoms. The Bertz CT molecular complexity index is 580. The lowest BCUT2D eigenvalue weighted by Crippen LogP contribution is -2.25. The largest absolute Gasteiger partial charge is 0.474 e. The fourth-order valence-corrected chi connectivity index (χ4v) is 2.09. The van der Waals surface area contributed by atoms with Gasteiger partial charge in [-0.2, -0.15) is 0 Å². The van der Waals surface area contributed by atoms with Crippen LogP contribution < -0.4 is 10.1 Å². The molecule has 1 saturated carbocycles. The van der Waals surface area contributed by atoms with E-state index in [0.717, 1.165) is 35.3 Å². The molecule has 0 radical (unpaired) electrons. The van der Waals surface area contributed by atoms with Crippen LogP contribution in [0.3, 0.4) is 0 Å². The number of anilines is 1. The maximum absolute atomic E-state index is 5.96. The molecule has 0 aliphatic heterocycles. The summed E-state index contributed by atoms with van der Waals surface area (Å²) in [6.45, 7) is 1.95. The van der Waals surface area contributed by atoms with Crippen LogP contribution >= 0.6 is 0 Å². The monoisotopic (exact) mass is 244 g/mol. The van der Waals surface area contributed by atoms with Crippen LogP contribution in [0.4, 0.5) is 5.82 Å². The molecular formula is C13H16N4O. The van der Waals surface area contributed by atoms with Crippen molar-refractivity contribution < 1.29 is 4.74 Å². The van der Waals surface area contributed by atoms with Crippen LogP contribution in [-0.2, 0) is 0 Å². The lowest BCUT2D eigenvalue weighted by molar-refractivity contribution is 0.116. The first-order valence-corrected chi connectivity index (χ1v) is 6.24. The van der Waals surface area contributed by atoms with Gasteiger partial charge in [-0.25, -0.2) is 15.0 Å². The Kier molecular flexibility index (Phi) is 2.74. The molecule has 1 fully saturated rings. The van der Waals surface area contributed by atoms with E-state index in [9.17, 15) is 0 Å². The van der Waals surface area contributed by atoms with Gasteiger partial charge in [-0.15, -0.1) is 0 Å². The molecular weight excluding hydrogens is 228 g/mol. The summed E-state index contributed by atoms with van der Waals surface area (Å²) in [5, 5.41) is 3.94. The zero-order valence-electron chi connectivity index (χ0n) is 10.6. The lowest BCUT2D eigenvalue weighted by Gasteiger charge is -2.26. The third kappa shape index (κ3) is 1.85. The maximum atomic E-state index is 5.96. The van der Waals surface area contributed by atoms with Crippen molar-refractivity contribution in [3.8, 4) is 5.88 Å². The number of pyridine rings is 1. The van der Waals surface area contributed by atoms with Crippen LogP contribution in [0.1, 0.15) is 25.0 Å². The van der Waals surface area contributed by atoms with E-state index in [1.807, 2.05) is 20.0 Å². The number of hydrogen-bond donors (Lipinski definition) is 1. The van der Waals surface area contributed by atoms with E-state index < -0.39 is 0 Å². The van der Waals surface area contributed by atoms with Crippen LogP contribution in [0.25, 0.3) is 10.9 Å². The highest BCUT2D eigenvalue weighted by Gasteiger charge is 2.22. The Morgan fingerprint density at radius 3 is 2.83 bits per heavy atom. The number of nitrogens with zero attached hydrogens (tertiary/aromatic N) is 3. The van der Waals surface area contributed by atoms with Crippen molar-refractivity contribution in [2.45, 2.75) is 32.3 Å². The van der Waals surface area contributed by atoms with Crippen LogP contribution in [0.5, 0.6) is 5.88 Å². The molecule has 18 heavy (non-hydrogen) atoms. The molecule has 3 rings (SSSR count). The predicted molar refractivity (Wildman–Crippen MR) is 69.9 cm³/mol. The Morgan fingerprint density at radius 2 is 2.17 bits per heavy atom. The summed E-state index contributed by atoms with van der Waals surface area (Å²) in [4.78, 5) is 13.0. The molecule has 2 aromatic heterocycles. The molecule has 1 aliphatic rings. The van der Waals surface area contributed by atoms with Crippen molar-refractivity contribution in [2.75, 3.05) is 12.4 Å². The predicted octanol–water partition coefficient (Wildman–Crippen LogP) is 2.31. The van der Waals surface area contributed by atoms with Crippen LogP contribution in [0.15, 0.2) is 12.4 Å². The minimum Gasteiger partial charge on any atom is -0.474 e. The number of aryl methyl sites for hydroxylation is 1. The summed E-state index contributed by atoms with van der Waals surface area (Å²) in [5.74, 6) is 1.42. The molecule has 0 aromatic carbocycles. The van der Waals surface area contributed by atoms with Gasteiger partial charge in [0.2, 0.25) is 5.88 Å². The SMILES string of the molecule is CNc1ncnc2cc(C)nc(OC3CCC3)c12. The quantitative estimate of drug-likeness (QED) is 0.897. The second kappa shape index (κ2) is 4.40. The van der Waals surface area contributed by atoms with E-state index in [-0.39, 0.29) is 0 Å². The topological polar surface area (TPSA) is 59.9 Å². The van der Waals surface area contributed by atoms with Crippen LogP contribution in [-0.4, -0.2) is 28.1 Å². The molecule has 0 unspecified atom stereocenters. The standard InChI is InChI=1S/C13H16N4O/c1-8-6-10-11(12(14-2)16-7-15-10)13(17-8)18-9-4-3-5-9/h6-7,9H,3-5H2,1-2H3,(H,14,15,16). The minimum atomic E-state index is 0.299. The van der Waals surface area contributed by atoms with Crippen LogP contribution in [0.2, 0.25) is 0 Å².